The molecule has 1 aromatic heterocycles. The normalized spacial score (nSPS) is 10.6. The van der Waals surface area contributed by atoms with Gasteiger partial charge in [-0.3, -0.25) is 5.10 Å². The summed E-state index contributed by atoms with van der Waals surface area (Å²) in [7, 11) is 0. The van der Waals surface area contributed by atoms with Gasteiger partial charge in [-0.25, -0.2) is 0 Å². The fourth-order valence-corrected chi connectivity index (χ4v) is 2.12. The van der Waals surface area contributed by atoms with Gasteiger partial charge in [0.25, 0.3) is 0 Å². The smallest absolute Gasteiger partial charge is 0.120 e. The van der Waals surface area contributed by atoms with E-state index in [0.29, 0.717) is 11.6 Å². The van der Waals surface area contributed by atoms with Gasteiger partial charge in [0.05, 0.1) is 12.3 Å². The first-order valence-electron chi connectivity index (χ1n) is 6.05. The number of halogens is 1. The molecule has 0 spiro atoms. The molecule has 0 aliphatic heterocycles. The minimum Gasteiger partial charge on any atom is -0.494 e. The van der Waals surface area contributed by atoms with E-state index in [4.69, 9.17) is 16.3 Å². The average molecular weight is 265 g/mol. The van der Waals surface area contributed by atoms with Gasteiger partial charge >= 0.3 is 0 Å². The summed E-state index contributed by atoms with van der Waals surface area (Å²) in [6, 6.07) is 7.48. The van der Waals surface area contributed by atoms with Crippen LogP contribution in [0.4, 0.5) is 0 Å². The second-order valence-electron chi connectivity index (χ2n) is 4.32. The number of hydrogen-bond donors (Lipinski definition) is 1. The molecular formula is C14H17ClN2O. The van der Waals surface area contributed by atoms with E-state index in [2.05, 4.69) is 10.2 Å². The van der Waals surface area contributed by atoms with E-state index in [9.17, 15) is 0 Å². The van der Waals surface area contributed by atoms with Gasteiger partial charge in [0.15, 0.2) is 0 Å². The van der Waals surface area contributed by atoms with Crippen molar-refractivity contribution in [3.63, 3.8) is 0 Å². The fourth-order valence-electron chi connectivity index (χ4n) is 1.94. The van der Waals surface area contributed by atoms with Crippen LogP contribution in [0, 0.1) is 13.8 Å². The zero-order valence-corrected chi connectivity index (χ0v) is 11.4. The van der Waals surface area contributed by atoms with Crippen LogP contribution in [-0.4, -0.2) is 16.8 Å². The zero-order chi connectivity index (χ0) is 13.0. The fraction of sp³-hybridized carbons (Fsp3) is 0.357. The molecule has 4 heteroatoms. The van der Waals surface area contributed by atoms with Crippen molar-refractivity contribution in [3.8, 4) is 5.75 Å². The third-order valence-corrected chi connectivity index (χ3v) is 3.15. The molecular weight excluding hydrogens is 248 g/mol. The van der Waals surface area contributed by atoms with Crippen molar-refractivity contribution >= 4 is 11.6 Å². The number of benzene rings is 1. The molecule has 0 saturated carbocycles. The second kappa shape index (κ2) is 5.91. The first kappa shape index (κ1) is 13.0. The van der Waals surface area contributed by atoms with Crippen LogP contribution in [-0.2, 0) is 6.42 Å². The number of H-pyrrole nitrogens is 1. The standard InChI is InChI=1S/C14H17ClN2O/c1-10-14(11(2)17-16-10)7-4-8-18-13-6-3-5-12(15)9-13/h3,5-6,9H,4,7-8H2,1-2H3,(H,16,17). The van der Waals surface area contributed by atoms with Crippen LogP contribution in [0.25, 0.3) is 0 Å². The topological polar surface area (TPSA) is 37.9 Å². The van der Waals surface area contributed by atoms with Crippen molar-refractivity contribution in [3.05, 3.63) is 46.2 Å². The zero-order valence-electron chi connectivity index (χ0n) is 10.7. The lowest BCUT2D eigenvalue weighted by Gasteiger charge is -2.06. The lowest BCUT2D eigenvalue weighted by atomic mass is 10.1. The van der Waals surface area contributed by atoms with Crippen LogP contribution < -0.4 is 4.74 Å². The highest BCUT2D eigenvalue weighted by Crippen LogP contribution is 2.18. The molecule has 0 fully saturated rings. The van der Waals surface area contributed by atoms with Crippen molar-refractivity contribution in [1.29, 1.82) is 0 Å². The molecule has 0 radical (unpaired) electrons. The molecule has 1 N–H and O–H groups in total. The number of ether oxygens (including phenoxy) is 1. The summed E-state index contributed by atoms with van der Waals surface area (Å²) in [5.41, 5.74) is 3.52. The lowest BCUT2D eigenvalue weighted by molar-refractivity contribution is 0.311. The molecule has 0 aliphatic carbocycles. The minimum absolute atomic E-state index is 0.685. The van der Waals surface area contributed by atoms with Crippen LogP contribution in [0.3, 0.4) is 0 Å². The Labute approximate surface area is 112 Å². The van der Waals surface area contributed by atoms with Crippen molar-refractivity contribution in [1.82, 2.24) is 10.2 Å². The summed E-state index contributed by atoms with van der Waals surface area (Å²) < 4.78 is 5.65. The number of rotatable bonds is 5. The summed E-state index contributed by atoms with van der Waals surface area (Å²) in [6.45, 7) is 4.76. The molecule has 1 aromatic carbocycles. The molecule has 0 saturated heterocycles. The molecule has 0 unspecified atom stereocenters. The first-order chi connectivity index (χ1) is 8.66. The molecule has 1 heterocycles. The Morgan fingerprint density at radius 2 is 2.17 bits per heavy atom. The van der Waals surface area contributed by atoms with Gasteiger partial charge in [0, 0.05) is 10.7 Å². The molecule has 0 atom stereocenters. The molecule has 2 rings (SSSR count). The highest BCUT2D eigenvalue weighted by atomic mass is 35.5. The summed E-state index contributed by atoms with van der Waals surface area (Å²) in [6.07, 6.45) is 1.95. The second-order valence-corrected chi connectivity index (χ2v) is 4.76. The molecule has 96 valence electrons. The van der Waals surface area contributed by atoms with Gasteiger partial charge in [-0.15, -0.1) is 0 Å². The molecule has 18 heavy (non-hydrogen) atoms. The maximum Gasteiger partial charge on any atom is 0.120 e. The highest BCUT2D eigenvalue weighted by Gasteiger charge is 2.05. The predicted molar refractivity (Wildman–Crippen MR) is 73.3 cm³/mol. The Balaban J connectivity index is 1.80. The van der Waals surface area contributed by atoms with E-state index in [0.717, 1.165) is 30.0 Å². The Kier molecular flexibility index (Phi) is 4.26. The third kappa shape index (κ3) is 3.26. The van der Waals surface area contributed by atoms with E-state index in [1.54, 1.807) is 0 Å². The van der Waals surface area contributed by atoms with E-state index in [1.807, 2.05) is 38.1 Å². The summed E-state index contributed by atoms with van der Waals surface area (Å²) in [5.74, 6) is 0.822. The predicted octanol–water partition coefficient (Wildman–Crippen LogP) is 3.69. The van der Waals surface area contributed by atoms with Crippen molar-refractivity contribution in [2.24, 2.45) is 0 Å². The van der Waals surface area contributed by atoms with Crippen LogP contribution in [0.2, 0.25) is 5.02 Å². The van der Waals surface area contributed by atoms with Gasteiger partial charge in [0.2, 0.25) is 0 Å². The largest absolute Gasteiger partial charge is 0.494 e. The lowest BCUT2D eigenvalue weighted by Crippen LogP contribution is -2.00. The molecule has 3 nitrogen and oxygen atoms in total. The van der Waals surface area contributed by atoms with Gasteiger partial charge in [0.1, 0.15) is 5.75 Å². The Bertz CT molecular complexity index is 503. The van der Waals surface area contributed by atoms with Crippen LogP contribution in [0.1, 0.15) is 23.4 Å². The van der Waals surface area contributed by atoms with Crippen LogP contribution >= 0.6 is 11.6 Å². The highest BCUT2D eigenvalue weighted by molar-refractivity contribution is 6.30. The Morgan fingerprint density at radius 3 is 2.83 bits per heavy atom. The average Bonchev–Trinajstić information content (AvgIpc) is 2.66. The van der Waals surface area contributed by atoms with E-state index in [1.165, 1.54) is 5.56 Å². The van der Waals surface area contributed by atoms with Crippen LogP contribution in [0.5, 0.6) is 5.75 Å². The number of aromatic amines is 1. The van der Waals surface area contributed by atoms with Gasteiger partial charge in [-0.05, 0) is 50.5 Å². The van der Waals surface area contributed by atoms with E-state index in [-0.39, 0.29) is 0 Å². The summed E-state index contributed by atoms with van der Waals surface area (Å²) in [4.78, 5) is 0. The number of aromatic nitrogens is 2. The first-order valence-corrected chi connectivity index (χ1v) is 6.43. The minimum atomic E-state index is 0.685. The number of hydrogen-bond acceptors (Lipinski definition) is 2. The molecule has 0 bridgehead atoms. The quantitative estimate of drug-likeness (QED) is 0.837. The van der Waals surface area contributed by atoms with Gasteiger partial charge in [-0.1, -0.05) is 17.7 Å². The maximum absolute atomic E-state index is 5.89. The van der Waals surface area contributed by atoms with E-state index >= 15 is 0 Å². The van der Waals surface area contributed by atoms with Crippen molar-refractivity contribution < 1.29 is 4.74 Å². The monoisotopic (exact) mass is 264 g/mol. The maximum atomic E-state index is 5.89. The molecule has 0 amide bonds. The van der Waals surface area contributed by atoms with Crippen LogP contribution in [0.15, 0.2) is 24.3 Å². The number of nitrogens with one attached hydrogen (secondary N) is 1. The number of aryl methyl sites for hydroxylation is 2. The van der Waals surface area contributed by atoms with Crippen molar-refractivity contribution in [2.75, 3.05) is 6.61 Å². The summed E-state index contributed by atoms with van der Waals surface area (Å²) >= 11 is 5.89. The van der Waals surface area contributed by atoms with Crippen molar-refractivity contribution in [2.45, 2.75) is 26.7 Å². The van der Waals surface area contributed by atoms with Gasteiger partial charge < -0.3 is 4.74 Å². The van der Waals surface area contributed by atoms with Gasteiger partial charge in [-0.2, -0.15) is 5.10 Å². The Hall–Kier alpha value is -1.48. The molecule has 0 aliphatic rings. The summed E-state index contributed by atoms with van der Waals surface area (Å²) in [5, 5.41) is 7.88. The third-order valence-electron chi connectivity index (χ3n) is 2.92. The SMILES string of the molecule is Cc1n[nH]c(C)c1CCCOc1cccc(Cl)c1. The number of nitrogens with zero attached hydrogens (tertiary/aromatic N) is 1. The Morgan fingerprint density at radius 1 is 1.33 bits per heavy atom. The molecule has 2 aromatic rings. The van der Waals surface area contributed by atoms with E-state index < -0.39 is 0 Å².